The number of hydrogen-bond donors (Lipinski definition) is 0. The van der Waals surface area contributed by atoms with Crippen LogP contribution in [0.2, 0.25) is 0 Å². The lowest BCUT2D eigenvalue weighted by atomic mass is 9.92. The lowest BCUT2D eigenvalue weighted by molar-refractivity contribution is 0.420. The van der Waals surface area contributed by atoms with Gasteiger partial charge in [-0.05, 0) is 42.4 Å². The fraction of sp³-hybridized carbons (Fsp3) is 0.357. The Morgan fingerprint density at radius 2 is 1.29 bits per heavy atom. The Morgan fingerprint density at radius 3 is 1.84 bits per heavy atom. The van der Waals surface area contributed by atoms with Crippen molar-refractivity contribution in [1.29, 1.82) is 0 Å². The summed E-state index contributed by atoms with van der Waals surface area (Å²) in [5.74, 6) is 0.818. The van der Waals surface area contributed by atoms with Gasteiger partial charge < -0.3 is 4.90 Å². The minimum atomic E-state index is 0.409. The smallest absolute Gasteiger partial charge is 0.0974 e. The average Bonchev–Trinajstić information content (AvgIpc) is 3.03. The van der Waals surface area contributed by atoms with Gasteiger partial charge >= 0.3 is 0 Å². The Hall–Kier alpha value is -2.78. The molecule has 0 spiro atoms. The minimum absolute atomic E-state index is 0.409. The molecule has 1 aliphatic carbocycles. The van der Waals surface area contributed by atoms with Crippen molar-refractivity contribution >= 4 is 27.9 Å². The van der Waals surface area contributed by atoms with Gasteiger partial charge in [0, 0.05) is 23.1 Å². The van der Waals surface area contributed by atoms with E-state index in [1.807, 2.05) is 0 Å². The van der Waals surface area contributed by atoms with Crippen molar-refractivity contribution < 1.29 is 0 Å². The Labute approximate surface area is 186 Å². The highest BCUT2D eigenvalue weighted by Gasteiger charge is 2.27. The van der Waals surface area contributed by atoms with Crippen molar-refractivity contribution in [1.82, 2.24) is 4.90 Å². The molecule has 3 heteroatoms. The summed E-state index contributed by atoms with van der Waals surface area (Å²) in [5, 5.41) is 2.53. The van der Waals surface area contributed by atoms with E-state index in [1.165, 1.54) is 33.0 Å². The van der Waals surface area contributed by atoms with Gasteiger partial charge in [0.1, 0.15) is 0 Å². The maximum absolute atomic E-state index is 5.39. The first-order valence-corrected chi connectivity index (χ1v) is 11.3. The van der Waals surface area contributed by atoms with Gasteiger partial charge in [-0.3, -0.25) is 4.99 Å². The van der Waals surface area contributed by atoms with Crippen LogP contribution in [0.5, 0.6) is 0 Å². The standard InChI is InChI=1S/C28H33N3/c1-18(2)21-12-9-13-22(19(3)4)26(21)30-28-24-15-8-11-20-10-7-14-23(25(20)24)27(28)29-16-17-31(5)6/h7-15,18-19H,16-17H2,1-6H3. The molecule has 0 fully saturated rings. The summed E-state index contributed by atoms with van der Waals surface area (Å²) in [6.07, 6.45) is 0. The molecule has 0 saturated heterocycles. The van der Waals surface area contributed by atoms with E-state index < -0.39 is 0 Å². The lowest BCUT2D eigenvalue weighted by Gasteiger charge is -2.17. The highest BCUT2D eigenvalue weighted by molar-refractivity contribution is 6.61. The molecule has 160 valence electrons. The van der Waals surface area contributed by atoms with E-state index in [4.69, 9.17) is 9.98 Å². The molecule has 0 radical (unpaired) electrons. The number of nitrogens with zero attached hydrogens (tertiary/aromatic N) is 3. The minimum Gasteiger partial charge on any atom is -0.308 e. The van der Waals surface area contributed by atoms with E-state index >= 15 is 0 Å². The zero-order valence-corrected chi connectivity index (χ0v) is 19.6. The fourth-order valence-corrected chi connectivity index (χ4v) is 4.38. The van der Waals surface area contributed by atoms with Crippen molar-refractivity contribution in [3.8, 4) is 0 Å². The summed E-state index contributed by atoms with van der Waals surface area (Å²) in [6.45, 7) is 10.7. The van der Waals surface area contributed by atoms with Gasteiger partial charge in [0.05, 0.1) is 23.7 Å². The monoisotopic (exact) mass is 411 g/mol. The van der Waals surface area contributed by atoms with Gasteiger partial charge in [0.2, 0.25) is 0 Å². The number of benzene rings is 3. The molecule has 0 bridgehead atoms. The van der Waals surface area contributed by atoms with Crippen molar-refractivity contribution in [2.24, 2.45) is 9.98 Å². The van der Waals surface area contributed by atoms with Gasteiger partial charge in [-0.15, -0.1) is 0 Å². The van der Waals surface area contributed by atoms with Crippen LogP contribution in [-0.2, 0) is 0 Å². The molecule has 0 saturated carbocycles. The van der Waals surface area contributed by atoms with Crippen molar-refractivity contribution in [2.75, 3.05) is 27.2 Å². The number of hydrogen-bond acceptors (Lipinski definition) is 3. The molecule has 4 rings (SSSR count). The van der Waals surface area contributed by atoms with Crippen LogP contribution in [0.3, 0.4) is 0 Å². The van der Waals surface area contributed by atoms with Crippen LogP contribution < -0.4 is 0 Å². The van der Waals surface area contributed by atoms with Crippen LogP contribution in [0.4, 0.5) is 5.69 Å². The maximum atomic E-state index is 5.39. The molecule has 0 aromatic heterocycles. The summed E-state index contributed by atoms with van der Waals surface area (Å²) in [6, 6.07) is 19.7. The van der Waals surface area contributed by atoms with Gasteiger partial charge in [0.15, 0.2) is 0 Å². The van der Waals surface area contributed by atoms with Crippen LogP contribution >= 0.6 is 0 Å². The Balaban J connectivity index is 1.97. The summed E-state index contributed by atoms with van der Waals surface area (Å²) < 4.78 is 0. The van der Waals surface area contributed by atoms with Crippen molar-refractivity contribution in [3.05, 3.63) is 76.9 Å². The third-order valence-corrected chi connectivity index (χ3v) is 6.02. The zero-order chi connectivity index (χ0) is 22.1. The van der Waals surface area contributed by atoms with E-state index in [1.54, 1.807) is 0 Å². The number of rotatable bonds is 6. The van der Waals surface area contributed by atoms with E-state index in [2.05, 4.69) is 101 Å². The number of likely N-dealkylation sites (N-methyl/N-ethyl adjacent to an activating group) is 1. The molecule has 3 aromatic carbocycles. The number of para-hydroxylation sites is 1. The second-order valence-electron chi connectivity index (χ2n) is 9.30. The molecule has 31 heavy (non-hydrogen) atoms. The molecule has 1 aliphatic rings. The van der Waals surface area contributed by atoms with E-state index in [0.29, 0.717) is 11.8 Å². The summed E-state index contributed by atoms with van der Waals surface area (Å²) in [4.78, 5) is 12.6. The quantitative estimate of drug-likeness (QED) is 0.451. The molecule has 0 N–H and O–H groups in total. The van der Waals surface area contributed by atoms with Gasteiger partial charge in [0.25, 0.3) is 0 Å². The average molecular weight is 412 g/mol. The van der Waals surface area contributed by atoms with Crippen LogP contribution in [-0.4, -0.2) is 43.5 Å². The van der Waals surface area contributed by atoms with Gasteiger partial charge in [-0.25, -0.2) is 4.99 Å². The Bertz CT molecular complexity index is 1130. The first-order valence-electron chi connectivity index (χ1n) is 11.3. The largest absolute Gasteiger partial charge is 0.308 e. The van der Waals surface area contributed by atoms with E-state index in [9.17, 15) is 0 Å². The molecule has 0 heterocycles. The molecular weight excluding hydrogens is 378 g/mol. The van der Waals surface area contributed by atoms with E-state index in [-0.39, 0.29) is 0 Å². The second kappa shape index (κ2) is 8.76. The predicted octanol–water partition coefficient (Wildman–Crippen LogP) is 6.57. The summed E-state index contributed by atoms with van der Waals surface area (Å²) in [5.41, 5.74) is 8.17. The molecule has 3 nitrogen and oxygen atoms in total. The summed E-state index contributed by atoms with van der Waals surface area (Å²) >= 11 is 0. The van der Waals surface area contributed by atoms with Crippen molar-refractivity contribution in [2.45, 2.75) is 39.5 Å². The molecule has 0 aliphatic heterocycles. The molecule has 0 amide bonds. The third kappa shape index (κ3) is 4.07. The Kier molecular flexibility index (Phi) is 6.06. The zero-order valence-electron chi connectivity index (χ0n) is 19.6. The second-order valence-corrected chi connectivity index (χ2v) is 9.30. The highest BCUT2D eigenvalue weighted by Crippen LogP contribution is 2.38. The van der Waals surface area contributed by atoms with Gasteiger partial charge in [-0.2, -0.15) is 0 Å². The third-order valence-electron chi connectivity index (χ3n) is 6.02. The van der Waals surface area contributed by atoms with Crippen LogP contribution in [0.15, 0.2) is 64.6 Å². The molecule has 0 atom stereocenters. The summed E-state index contributed by atoms with van der Waals surface area (Å²) in [7, 11) is 4.18. The first-order chi connectivity index (χ1) is 14.9. The van der Waals surface area contributed by atoms with E-state index in [0.717, 1.165) is 30.2 Å². The van der Waals surface area contributed by atoms with Crippen molar-refractivity contribution in [3.63, 3.8) is 0 Å². The molecular formula is C28H33N3. The SMILES string of the molecule is CC(C)c1cccc(C(C)C)c1N=C1C(=NCCN(C)C)c2cccc3cccc1c23. The fourth-order valence-electron chi connectivity index (χ4n) is 4.38. The van der Waals surface area contributed by atoms with Gasteiger partial charge in [-0.1, -0.05) is 82.3 Å². The first kappa shape index (κ1) is 21.5. The highest BCUT2D eigenvalue weighted by atomic mass is 15.1. The Morgan fingerprint density at radius 1 is 0.742 bits per heavy atom. The number of aliphatic imine (C=N–C) groups is 2. The van der Waals surface area contributed by atoms with Crippen LogP contribution in [0, 0.1) is 0 Å². The predicted molar refractivity (Wildman–Crippen MR) is 135 cm³/mol. The maximum Gasteiger partial charge on any atom is 0.0974 e. The van der Waals surface area contributed by atoms with Crippen LogP contribution in [0.1, 0.15) is 61.8 Å². The topological polar surface area (TPSA) is 28.0 Å². The van der Waals surface area contributed by atoms with Crippen LogP contribution in [0.25, 0.3) is 10.8 Å². The molecule has 3 aromatic rings. The lowest BCUT2D eigenvalue weighted by Crippen LogP contribution is -2.18. The molecule has 0 unspecified atom stereocenters. The normalized spacial score (nSPS) is 16.0.